The maximum absolute atomic E-state index is 11.3. The third-order valence-electron chi connectivity index (χ3n) is 3.60. The molecule has 2 unspecified atom stereocenters. The number of carboxylic acid groups (broad SMARTS) is 1. The predicted octanol–water partition coefficient (Wildman–Crippen LogP) is 3.59. The molecule has 0 aliphatic heterocycles. The molecule has 3 rings (SSSR count). The molecule has 0 amide bonds. The van der Waals surface area contributed by atoms with E-state index in [-0.39, 0.29) is 6.04 Å². The summed E-state index contributed by atoms with van der Waals surface area (Å²) < 4.78 is 0. The number of aryl methyl sites for hydroxylation is 2. The van der Waals surface area contributed by atoms with Gasteiger partial charge in [0.1, 0.15) is 10.9 Å². The number of thiazole rings is 2. The van der Waals surface area contributed by atoms with E-state index in [1.807, 2.05) is 20.0 Å². The second-order valence-electron chi connectivity index (χ2n) is 5.29. The fourth-order valence-corrected chi connectivity index (χ4v) is 4.47. The number of carbonyl (C=O) groups is 1. The Morgan fingerprint density at radius 3 is 3.00 bits per heavy atom. The minimum Gasteiger partial charge on any atom is -0.481 e. The van der Waals surface area contributed by atoms with Crippen LogP contribution >= 0.6 is 22.7 Å². The van der Waals surface area contributed by atoms with Gasteiger partial charge in [0.15, 0.2) is 5.13 Å². The van der Waals surface area contributed by atoms with Gasteiger partial charge in [-0.15, -0.1) is 22.7 Å². The molecule has 2 atom stereocenters. The van der Waals surface area contributed by atoms with Gasteiger partial charge < -0.3 is 10.4 Å². The van der Waals surface area contributed by atoms with Crippen LogP contribution in [0.15, 0.2) is 6.20 Å². The summed E-state index contributed by atoms with van der Waals surface area (Å²) in [5.41, 5.74) is 0.753. The molecule has 7 heteroatoms. The summed E-state index contributed by atoms with van der Waals surface area (Å²) >= 11 is 3.24. The summed E-state index contributed by atoms with van der Waals surface area (Å²) in [6.45, 7) is 4.08. The molecule has 1 aliphatic carbocycles. The second-order valence-corrected chi connectivity index (χ2v) is 7.64. The van der Waals surface area contributed by atoms with E-state index in [1.165, 1.54) is 4.88 Å². The van der Waals surface area contributed by atoms with Crippen molar-refractivity contribution in [1.29, 1.82) is 0 Å². The molecular formula is C14H17N3O2S2. The summed E-state index contributed by atoms with van der Waals surface area (Å²) in [5.74, 6) is -1.21. The monoisotopic (exact) mass is 323 g/mol. The average molecular weight is 323 g/mol. The number of nitrogens with zero attached hydrogens (tertiary/aromatic N) is 2. The van der Waals surface area contributed by atoms with Crippen LogP contribution in [0.1, 0.15) is 52.2 Å². The van der Waals surface area contributed by atoms with Crippen LogP contribution in [0.3, 0.4) is 0 Å². The van der Waals surface area contributed by atoms with Gasteiger partial charge in [-0.2, -0.15) is 0 Å². The third kappa shape index (κ3) is 2.94. The van der Waals surface area contributed by atoms with E-state index in [4.69, 9.17) is 0 Å². The molecular weight excluding hydrogens is 306 g/mol. The van der Waals surface area contributed by atoms with Crippen molar-refractivity contribution in [3.63, 3.8) is 0 Å². The molecule has 112 valence electrons. The van der Waals surface area contributed by atoms with Crippen LogP contribution < -0.4 is 5.32 Å². The van der Waals surface area contributed by atoms with Crippen molar-refractivity contribution in [2.45, 2.75) is 45.1 Å². The molecule has 2 aromatic heterocycles. The summed E-state index contributed by atoms with van der Waals surface area (Å²) in [7, 11) is 0. The highest BCUT2D eigenvalue weighted by atomic mass is 32.1. The van der Waals surface area contributed by atoms with Gasteiger partial charge >= 0.3 is 5.97 Å². The summed E-state index contributed by atoms with van der Waals surface area (Å²) in [6, 6.07) is 0.0829. The molecule has 0 saturated heterocycles. The largest absolute Gasteiger partial charge is 0.481 e. The Kier molecular flexibility index (Phi) is 3.95. The number of hydrogen-bond donors (Lipinski definition) is 2. The van der Waals surface area contributed by atoms with E-state index in [9.17, 15) is 9.90 Å². The van der Waals surface area contributed by atoms with Crippen LogP contribution in [-0.4, -0.2) is 21.0 Å². The van der Waals surface area contributed by atoms with Crippen molar-refractivity contribution < 1.29 is 9.90 Å². The van der Waals surface area contributed by atoms with Crippen molar-refractivity contribution in [2.75, 3.05) is 5.32 Å². The number of aromatic nitrogens is 2. The van der Waals surface area contributed by atoms with E-state index in [0.29, 0.717) is 6.42 Å². The Hall–Kier alpha value is -1.47. The lowest BCUT2D eigenvalue weighted by molar-refractivity contribution is -0.139. The first-order chi connectivity index (χ1) is 10.0. The molecule has 0 aromatic carbocycles. The smallest absolute Gasteiger partial charge is 0.312 e. The maximum Gasteiger partial charge on any atom is 0.312 e. The van der Waals surface area contributed by atoms with Gasteiger partial charge in [0, 0.05) is 16.0 Å². The van der Waals surface area contributed by atoms with Gasteiger partial charge in [-0.05, 0) is 33.1 Å². The number of carboxylic acids is 1. The molecule has 0 fully saturated rings. The highest BCUT2D eigenvalue weighted by molar-refractivity contribution is 7.15. The number of fused-ring (bicyclic) bond motifs is 1. The first-order valence-electron chi connectivity index (χ1n) is 6.96. The minimum absolute atomic E-state index is 0.0829. The first-order valence-corrected chi connectivity index (χ1v) is 8.59. The summed E-state index contributed by atoms with van der Waals surface area (Å²) in [5, 5.41) is 14.5. The zero-order valence-electron chi connectivity index (χ0n) is 11.9. The van der Waals surface area contributed by atoms with Gasteiger partial charge in [0.05, 0.1) is 11.7 Å². The van der Waals surface area contributed by atoms with Crippen molar-refractivity contribution in [1.82, 2.24) is 9.97 Å². The van der Waals surface area contributed by atoms with E-state index >= 15 is 0 Å². The Balaban J connectivity index is 1.80. The van der Waals surface area contributed by atoms with Gasteiger partial charge in [0.25, 0.3) is 0 Å². The molecule has 5 nitrogen and oxygen atoms in total. The Labute approximate surface area is 131 Å². The normalized spacial score (nSPS) is 19.0. The predicted molar refractivity (Wildman–Crippen MR) is 84.3 cm³/mol. The number of anilines is 1. The average Bonchev–Trinajstić information content (AvgIpc) is 3.03. The number of rotatable bonds is 4. The zero-order valence-corrected chi connectivity index (χ0v) is 13.6. The van der Waals surface area contributed by atoms with Crippen LogP contribution in [0.2, 0.25) is 0 Å². The van der Waals surface area contributed by atoms with E-state index < -0.39 is 11.9 Å². The van der Waals surface area contributed by atoms with Gasteiger partial charge in [-0.1, -0.05) is 0 Å². The van der Waals surface area contributed by atoms with Crippen molar-refractivity contribution in [2.24, 2.45) is 0 Å². The first kappa shape index (κ1) is 14.5. The van der Waals surface area contributed by atoms with Crippen molar-refractivity contribution >= 4 is 33.8 Å². The summed E-state index contributed by atoms with van der Waals surface area (Å²) in [4.78, 5) is 22.5. The molecule has 21 heavy (non-hydrogen) atoms. The molecule has 2 heterocycles. The second kappa shape index (κ2) is 5.73. The molecule has 0 radical (unpaired) electrons. The van der Waals surface area contributed by atoms with Crippen LogP contribution in [0.25, 0.3) is 0 Å². The molecule has 2 N–H and O–H groups in total. The van der Waals surface area contributed by atoms with E-state index in [1.54, 1.807) is 22.7 Å². The lowest BCUT2D eigenvalue weighted by Gasteiger charge is -2.16. The van der Waals surface area contributed by atoms with Crippen molar-refractivity contribution in [3.05, 3.63) is 26.7 Å². The zero-order chi connectivity index (χ0) is 15.0. The number of nitrogens with one attached hydrogen (secondary N) is 1. The Morgan fingerprint density at radius 2 is 2.33 bits per heavy atom. The molecule has 0 bridgehead atoms. The highest BCUT2D eigenvalue weighted by Crippen LogP contribution is 2.37. The van der Waals surface area contributed by atoms with E-state index in [0.717, 1.165) is 33.6 Å². The van der Waals surface area contributed by atoms with Gasteiger partial charge in [-0.3, -0.25) is 4.79 Å². The van der Waals surface area contributed by atoms with Crippen LogP contribution in [-0.2, 0) is 11.2 Å². The van der Waals surface area contributed by atoms with Gasteiger partial charge in [0.2, 0.25) is 0 Å². The van der Waals surface area contributed by atoms with Crippen molar-refractivity contribution in [3.8, 4) is 0 Å². The van der Waals surface area contributed by atoms with E-state index in [2.05, 4.69) is 15.3 Å². The SMILES string of the molecule is Cc1cnc(C(C)Nc2nc3c(s2)CCCC3C(=O)O)s1. The Morgan fingerprint density at radius 1 is 1.52 bits per heavy atom. The third-order valence-corrected chi connectivity index (χ3v) is 5.76. The molecule has 2 aromatic rings. The quantitative estimate of drug-likeness (QED) is 0.899. The lowest BCUT2D eigenvalue weighted by Crippen LogP contribution is -2.17. The fourth-order valence-electron chi connectivity index (χ4n) is 2.54. The number of hydrogen-bond acceptors (Lipinski definition) is 6. The fraction of sp³-hybridized carbons (Fsp3) is 0.500. The minimum atomic E-state index is -0.767. The summed E-state index contributed by atoms with van der Waals surface area (Å²) in [6.07, 6.45) is 4.41. The van der Waals surface area contributed by atoms with Crippen LogP contribution in [0.4, 0.5) is 5.13 Å². The Bertz CT molecular complexity index is 665. The van der Waals surface area contributed by atoms with Gasteiger partial charge in [-0.25, -0.2) is 9.97 Å². The molecule has 0 saturated carbocycles. The molecule has 1 aliphatic rings. The standard InChI is InChI=1S/C14H17N3O2S2/c1-7-6-15-12(20-7)8(2)16-14-17-11-9(13(18)19)4-3-5-10(11)21-14/h6,8-9H,3-5H2,1-2H3,(H,16,17)(H,18,19). The topological polar surface area (TPSA) is 75.1 Å². The van der Waals surface area contributed by atoms with Crippen LogP contribution in [0, 0.1) is 6.92 Å². The van der Waals surface area contributed by atoms with Crippen LogP contribution in [0.5, 0.6) is 0 Å². The maximum atomic E-state index is 11.3. The number of aliphatic carboxylic acids is 1. The lowest BCUT2D eigenvalue weighted by atomic mass is 9.91. The molecule has 0 spiro atoms. The highest BCUT2D eigenvalue weighted by Gasteiger charge is 2.30.